The molecule has 3 nitrogen and oxygen atoms in total. The second kappa shape index (κ2) is 4.29. The van der Waals surface area contributed by atoms with Gasteiger partial charge in [-0.3, -0.25) is 0 Å². The third-order valence-electron chi connectivity index (χ3n) is 2.93. The Morgan fingerprint density at radius 3 is 3.07 bits per heavy atom. The van der Waals surface area contributed by atoms with Gasteiger partial charge in [0.2, 0.25) is 0 Å². The van der Waals surface area contributed by atoms with Crippen LogP contribution in [0.25, 0.3) is 0 Å². The first kappa shape index (κ1) is 10.6. The maximum absolute atomic E-state index is 9.24. The van der Waals surface area contributed by atoms with Crippen molar-refractivity contribution in [2.45, 2.75) is 18.9 Å². The maximum Gasteiger partial charge on any atom is 0.0741 e. The fraction of sp³-hybridized carbons (Fsp3) is 0.455. The molecule has 1 atom stereocenters. The molecule has 0 saturated carbocycles. The minimum absolute atomic E-state index is 0.173. The van der Waals surface area contributed by atoms with Crippen LogP contribution in [-0.2, 0) is 0 Å². The van der Waals surface area contributed by atoms with E-state index in [1.807, 2.05) is 12.1 Å². The first-order valence-corrected chi connectivity index (χ1v) is 5.53. The van der Waals surface area contributed by atoms with Gasteiger partial charge in [-0.15, -0.1) is 0 Å². The second-order valence-corrected chi connectivity index (χ2v) is 4.25. The number of nitrogens with zero attached hydrogens (tertiary/aromatic N) is 1. The number of benzene rings is 1. The maximum atomic E-state index is 9.24. The topological polar surface area (TPSA) is 49.5 Å². The molecule has 0 aliphatic carbocycles. The minimum atomic E-state index is 0.173. The lowest BCUT2D eigenvalue weighted by atomic mass is 10.2. The van der Waals surface area contributed by atoms with Gasteiger partial charge in [-0.25, -0.2) is 0 Å². The Hall–Kier alpha value is -0.930. The highest BCUT2D eigenvalue weighted by atomic mass is 35.5. The third kappa shape index (κ3) is 1.90. The molecule has 0 spiro atoms. The van der Waals surface area contributed by atoms with Crippen molar-refractivity contribution < 1.29 is 5.11 Å². The fourth-order valence-electron chi connectivity index (χ4n) is 2.12. The zero-order valence-electron chi connectivity index (χ0n) is 8.49. The fourth-order valence-corrected chi connectivity index (χ4v) is 2.29. The minimum Gasteiger partial charge on any atom is -0.396 e. The summed E-state index contributed by atoms with van der Waals surface area (Å²) in [6.07, 6.45) is 2.11. The first-order chi connectivity index (χ1) is 7.24. The molecule has 4 heteroatoms. The standard InChI is InChI=1S/C11H15ClN2O/c12-9-4-1-5-10(11(9)13)14-6-2-3-8(14)7-15/h1,4-5,8,15H,2-3,6-7,13H2. The molecule has 3 N–H and O–H groups in total. The highest BCUT2D eigenvalue weighted by molar-refractivity contribution is 6.33. The summed E-state index contributed by atoms with van der Waals surface area (Å²) in [5.74, 6) is 0. The number of hydrogen-bond acceptors (Lipinski definition) is 3. The average Bonchev–Trinajstić information content (AvgIpc) is 2.70. The molecule has 1 aromatic carbocycles. The third-order valence-corrected chi connectivity index (χ3v) is 3.26. The number of aliphatic hydroxyl groups is 1. The zero-order chi connectivity index (χ0) is 10.8. The lowest BCUT2D eigenvalue weighted by Crippen LogP contribution is -2.32. The van der Waals surface area contributed by atoms with Crippen molar-refractivity contribution in [2.24, 2.45) is 0 Å². The molecule has 2 rings (SSSR count). The Balaban J connectivity index is 2.32. The lowest BCUT2D eigenvalue weighted by molar-refractivity contribution is 0.266. The van der Waals surface area contributed by atoms with Gasteiger partial charge in [0, 0.05) is 6.54 Å². The van der Waals surface area contributed by atoms with Gasteiger partial charge in [0.15, 0.2) is 0 Å². The highest BCUT2D eigenvalue weighted by Gasteiger charge is 2.25. The molecule has 1 heterocycles. The Morgan fingerprint density at radius 1 is 1.53 bits per heavy atom. The van der Waals surface area contributed by atoms with E-state index in [4.69, 9.17) is 17.3 Å². The molecule has 1 fully saturated rings. The van der Waals surface area contributed by atoms with Gasteiger partial charge in [-0.05, 0) is 25.0 Å². The summed E-state index contributed by atoms with van der Waals surface area (Å²) in [5.41, 5.74) is 7.48. The molecule has 1 saturated heterocycles. The van der Waals surface area contributed by atoms with E-state index in [2.05, 4.69) is 4.90 Å². The van der Waals surface area contributed by atoms with Crippen LogP contribution in [0, 0.1) is 0 Å². The molecule has 1 aliphatic rings. The lowest BCUT2D eigenvalue weighted by Gasteiger charge is -2.26. The number of nitrogen functional groups attached to an aromatic ring is 1. The molecular weight excluding hydrogens is 212 g/mol. The second-order valence-electron chi connectivity index (χ2n) is 3.84. The number of para-hydroxylation sites is 1. The smallest absolute Gasteiger partial charge is 0.0741 e. The Bertz CT molecular complexity index is 356. The molecule has 0 bridgehead atoms. The summed E-state index contributed by atoms with van der Waals surface area (Å²) < 4.78 is 0. The number of halogens is 1. The van der Waals surface area contributed by atoms with Gasteiger partial charge in [-0.2, -0.15) is 0 Å². The first-order valence-electron chi connectivity index (χ1n) is 5.15. The van der Waals surface area contributed by atoms with E-state index < -0.39 is 0 Å². The zero-order valence-corrected chi connectivity index (χ0v) is 9.24. The summed E-state index contributed by atoms with van der Waals surface area (Å²) in [5, 5.41) is 9.82. The van der Waals surface area contributed by atoms with Crippen molar-refractivity contribution in [2.75, 3.05) is 23.8 Å². The van der Waals surface area contributed by atoms with Crippen molar-refractivity contribution in [3.8, 4) is 0 Å². The van der Waals surface area contributed by atoms with Gasteiger partial charge < -0.3 is 15.7 Å². The van der Waals surface area contributed by atoms with Crippen LogP contribution >= 0.6 is 11.6 Å². The molecule has 82 valence electrons. The van der Waals surface area contributed by atoms with Gasteiger partial charge in [0.25, 0.3) is 0 Å². The predicted molar refractivity (Wildman–Crippen MR) is 63.3 cm³/mol. The quantitative estimate of drug-likeness (QED) is 0.758. The summed E-state index contributed by atoms with van der Waals surface area (Å²) >= 11 is 5.97. The van der Waals surface area contributed by atoms with E-state index in [0.29, 0.717) is 10.7 Å². The van der Waals surface area contributed by atoms with Crippen molar-refractivity contribution >= 4 is 23.0 Å². The Kier molecular flexibility index (Phi) is 3.03. The van der Waals surface area contributed by atoms with Crippen LogP contribution in [0.5, 0.6) is 0 Å². The Labute approximate surface area is 94.4 Å². The molecule has 15 heavy (non-hydrogen) atoms. The average molecular weight is 227 g/mol. The summed E-state index contributed by atoms with van der Waals surface area (Å²) in [7, 11) is 0. The molecule has 0 amide bonds. The van der Waals surface area contributed by atoms with E-state index in [1.54, 1.807) is 6.07 Å². The van der Waals surface area contributed by atoms with Crippen LogP contribution < -0.4 is 10.6 Å². The van der Waals surface area contributed by atoms with E-state index in [9.17, 15) is 5.11 Å². The highest BCUT2D eigenvalue weighted by Crippen LogP contribution is 2.34. The van der Waals surface area contributed by atoms with Gasteiger partial charge in [0.05, 0.1) is 29.0 Å². The van der Waals surface area contributed by atoms with Crippen LogP contribution in [0.3, 0.4) is 0 Å². The number of aliphatic hydroxyl groups excluding tert-OH is 1. The van der Waals surface area contributed by atoms with Gasteiger partial charge in [-0.1, -0.05) is 17.7 Å². The van der Waals surface area contributed by atoms with Gasteiger partial charge in [0.1, 0.15) is 0 Å². The van der Waals surface area contributed by atoms with Crippen molar-refractivity contribution in [1.82, 2.24) is 0 Å². The molecular formula is C11H15ClN2O. The normalized spacial score (nSPS) is 20.9. The molecule has 1 aromatic rings. The van der Waals surface area contributed by atoms with Crippen LogP contribution in [0.1, 0.15) is 12.8 Å². The van der Waals surface area contributed by atoms with Crippen LogP contribution in [0.2, 0.25) is 5.02 Å². The Morgan fingerprint density at radius 2 is 2.33 bits per heavy atom. The van der Waals surface area contributed by atoms with Crippen LogP contribution in [0.4, 0.5) is 11.4 Å². The monoisotopic (exact) mass is 226 g/mol. The number of nitrogens with two attached hydrogens (primary N) is 1. The SMILES string of the molecule is Nc1c(Cl)cccc1N1CCCC1CO. The van der Waals surface area contributed by atoms with Crippen molar-refractivity contribution in [3.05, 3.63) is 23.2 Å². The van der Waals surface area contributed by atoms with E-state index in [1.165, 1.54) is 0 Å². The van der Waals surface area contributed by atoms with Gasteiger partial charge >= 0.3 is 0 Å². The van der Waals surface area contributed by atoms with E-state index >= 15 is 0 Å². The van der Waals surface area contributed by atoms with Crippen LogP contribution in [-0.4, -0.2) is 24.3 Å². The number of anilines is 2. The number of rotatable bonds is 2. The van der Waals surface area contributed by atoms with E-state index in [0.717, 1.165) is 25.1 Å². The summed E-state index contributed by atoms with van der Waals surface area (Å²) in [4.78, 5) is 2.14. The summed E-state index contributed by atoms with van der Waals surface area (Å²) in [6, 6.07) is 5.81. The van der Waals surface area contributed by atoms with E-state index in [-0.39, 0.29) is 12.6 Å². The molecule has 0 aromatic heterocycles. The summed E-state index contributed by atoms with van der Waals surface area (Å²) in [6.45, 7) is 1.11. The van der Waals surface area contributed by atoms with Crippen LogP contribution in [0.15, 0.2) is 18.2 Å². The van der Waals surface area contributed by atoms with Crippen molar-refractivity contribution in [1.29, 1.82) is 0 Å². The molecule has 1 aliphatic heterocycles. The molecule has 1 unspecified atom stereocenters. The van der Waals surface area contributed by atoms with Crippen molar-refractivity contribution in [3.63, 3.8) is 0 Å². The number of hydrogen-bond donors (Lipinski definition) is 2. The largest absolute Gasteiger partial charge is 0.396 e. The molecule has 0 radical (unpaired) electrons. The predicted octanol–water partition coefficient (Wildman–Crippen LogP) is 1.88.